The van der Waals surface area contributed by atoms with Crippen molar-refractivity contribution in [3.8, 4) is 17.2 Å². The van der Waals surface area contributed by atoms with Crippen LogP contribution in [0.3, 0.4) is 0 Å². The average molecular weight is 566 g/mol. The van der Waals surface area contributed by atoms with Gasteiger partial charge >= 0.3 is 0 Å². The van der Waals surface area contributed by atoms with Crippen LogP contribution in [0.15, 0.2) is 71.2 Å². The van der Waals surface area contributed by atoms with Crippen LogP contribution in [0, 0.1) is 0 Å². The first-order valence-electron chi connectivity index (χ1n) is 12.0. The molecule has 6 nitrogen and oxygen atoms in total. The average Bonchev–Trinajstić information content (AvgIpc) is 2.95. The number of methoxy groups -OCH3 is 3. The van der Waals surface area contributed by atoms with Gasteiger partial charge in [-0.1, -0.05) is 46.3 Å². The second kappa shape index (κ2) is 8.07. The summed E-state index contributed by atoms with van der Waals surface area (Å²) < 4.78 is 17.7. The molecule has 0 fully saturated rings. The molecule has 0 radical (unpaired) electrons. The highest BCUT2D eigenvalue weighted by Gasteiger charge is 2.37. The van der Waals surface area contributed by atoms with Gasteiger partial charge in [-0.05, 0) is 45.1 Å². The number of benzene rings is 6. The molecule has 0 aliphatic carbocycles. The maximum Gasteiger partial charge on any atom is 0.266 e. The topological polar surface area (TPSA) is 65.1 Å². The number of halogens is 1. The van der Waals surface area contributed by atoms with Crippen LogP contribution in [0.1, 0.15) is 20.7 Å². The largest absolute Gasteiger partial charge is 0.497 e. The fourth-order valence-corrected chi connectivity index (χ4v) is 6.30. The number of amides is 2. The number of fused-ring (bicyclic) bond motifs is 2. The Balaban J connectivity index is 1.61. The Labute approximate surface area is 225 Å². The van der Waals surface area contributed by atoms with Crippen molar-refractivity contribution >= 4 is 76.5 Å². The summed E-state index contributed by atoms with van der Waals surface area (Å²) in [5.74, 6) is 0.698. The molecule has 7 heteroatoms. The van der Waals surface area contributed by atoms with E-state index in [4.69, 9.17) is 14.2 Å². The summed E-state index contributed by atoms with van der Waals surface area (Å²) in [5.41, 5.74) is 1.23. The molecular weight excluding hydrogens is 546 g/mol. The van der Waals surface area contributed by atoms with Gasteiger partial charge in [0.1, 0.15) is 17.2 Å². The van der Waals surface area contributed by atoms with Crippen LogP contribution in [0.25, 0.3) is 43.1 Å². The number of rotatable bonds is 4. The zero-order chi connectivity index (χ0) is 26.3. The van der Waals surface area contributed by atoms with Gasteiger partial charge in [0.2, 0.25) is 0 Å². The van der Waals surface area contributed by atoms with E-state index in [1.54, 1.807) is 31.4 Å². The SMILES string of the molecule is COc1cc(OC)cc(N2C(=O)c3ccc4c5cccc6c(Br)ccc(c7c(OC)cc(c3c47)C2=O)c65)c1. The van der Waals surface area contributed by atoms with Gasteiger partial charge in [0, 0.05) is 44.4 Å². The normalized spacial score (nSPS) is 13.3. The summed E-state index contributed by atoms with van der Waals surface area (Å²) in [6.45, 7) is 0. The molecule has 0 bridgehead atoms. The Morgan fingerprint density at radius 2 is 1.26 bits per heavy atom. The van der Waals surface area contributed by atoms with E-state index in [0.29, 0.717) is 39.4 Å². The monoisotopic (exact) mass is 565 g/mol. The molecule has 6 aromatic carbocycles. The van der Waals surface area contributed by atoms with Crippen LogP contribution >= 0.6 is 15.9 Å². The van der Waals surface area contributed by atoms with Crippen molar-refractivity contribution in [2.75, 3.05) is 26.2 Å². The highest BCUT2D eigenvalue weighted by molar-refractivity contribution is 9.10. The van der Waals surface area contributed by atoms with Crippen molar-refractivity contribution in [1.82, 2.24) is 0 Å². The minimum Gasteiger partial charge on any atom is -0.497 e. The maximum atomic E-state index is 14.1. The van der Waals surface area contributed by atoms with Gasteiger partial charge in [-0.25, -0.2) is 4.90 Å². The van der Waals surface area contributed by atoms with Gasteiger partial charge in [0.25, 0.3) is 11.8 Å². The first kappa shape index (κ1) is 22.8. The van der Waals surface area contributed by atoms with Crippen molar-refractivity contribution in [2.24, 2.45) is 0 Å². The third-order valence-corrected chi connectivity index (χ3v) is 8.17. The van der Waals surface area contributed by atoms with E-state index >= 15 is 0 Å². The van der Waals surface area contributed by atoms with E-state index in [1.165, 1.54) is 19.1 Å². The van der Waals surface area contributed by atoms with E-state index in [2.05, 4.69) is 34.1 Å². The van der Waals surface area contributed by atoms with Crippen molar-refractivity contribution < 1.29 is 23.8 Å². The molecule has 1 aliphatic heterocycles. The lowest BCUT2D eigenvalue weighted by Gasteiger charge is -2.29. The summed E-state index contributed by atoms with van der Waals surface area (Å²) in [6.07, 6.45) is 0. The van der Waals surface area contributed by atoms with Gasteiger partial charge in [0.15, 0.2) is 0 Å². The molecule has 0 saturated heterocycles. The first-order chi connectivity index (χ1) is 18.5. The lowest BCUT2D eigenvalue weighted by atomic mass is 9.84. The molecule has 2 amide bonds. The summed E-state index contributed by atoms with van der Waals surface area (Å²) >= 11 is 3.70. The molecule has 186 valence electrons. The second-order valence-corrected chi connectivity index (χ2v) is 10.1. The number of imide groups is 1. The van der Waals surface area contributed by atoms with Crippen LogP contribution in [0.5, 0.6) is 17.2 Å². The molecule has 38 heavy (non-hydrogen) atoms. The molecule has 0 unspecified atom stereocenters. The second-order valence-electron chi connectivity index (χ2n) is 9.25. The molecule has 6 aromatic rings. The number of carbonyl (C=O) groups is 2. The quantitative estimate of drug-likeness (QED) is 0.127. The predicted molar refractivity (Wildman–Crippen MR) is 153 cm³/mol. The third kappa shape index (κ3) is 2.88. The van der Waals surface area contributed by atoms with Crippen molar-refractivity contribution in [2.45, 2.75) is 0 Å². The van der Waals surface area contributed by atoms with Crippen LogP contribution in [0.4, 0.5) is 5.69 Å². The first-order valence-corrected chi connectivity index (χ1v) is 12.8. The fraction of sp³-hybridized carbons (Fsp3) is 0.0968. The van der Waals surface area contributed by atoms with Crippen LogP contribution in [-0.4, -0.2) is 33.1 Å². The fourth-order valence-electron chi connectivity index (χ4n) is 5.83. The third-order valence-electron chi connectivity index (χ3n) is 7.47. The minimum absolute atomic E-state index is 0.370. The van der Waals surface area contributed by atoms with Crippen LogP contribution in [0.2, 0.25) is 0 Å². The molecule has 1 aliphatic rings. The van der Waals surface area contributed by atoms with Gasteiger partial charge in [-0.2, -0.15) is 0 Å². The van der Waals surface area contributed by atoms with Crippen molar-refractivity contribution in [3.63, 3.8) is 0 Å². The number of anilines is 1. The Morgan fingerprint density at radius 3 is 1.97 bits per heavy atom. The van der Waals surface area contributed by atoms with Gasteiger partial charge < -0.3 is 14.2 Å². The number of carbonyl (C=O) groups excluding carboxylic acids is 2. The van der Waals surface area contributed by atoms with Gasteiger partial charge in [0.05, 0.1) is 32.6 Å². The predicted octanol–water partition coefficient (Wildman–Crippen LogP) is 7.33. The molecular formula is C31H20BrNO5. The minimum atomic E-state index is -0.431. The number of hydrogen-bond acceptors (Lipinski definition) is 5. The summed E-state index contributed by atoms with van der Waals surface area (Å²) in [4.78, 5) is 29.2. The lowest BCUT2D eigenvalue weighted by Crippen LogP contribution is -2.40. The lowest BCUT2D eigenvalue weighted by molar-refractivity contribution is 0.0893. The molecule has 0 atom stereocenters. The van der Waals surface area contributed by atoms with E-state index in [0.717, 1.165) is 42.2 Å². The molecule has 0 spiro atoms. The molecule has 7 rings (SSSR count). The Hall–Kier alpha value is -4.36. The Bertz CT molecular complexity index is 1970. The summed E-state index contributed by atoms with van der Waals surface area (Å²) in [6, 6.07) is 20.8. The van der Waals surface area contributed by atoms with Crippen molar-refractivity contribution in [1.29, 1.82) is 0 Å². The number of nitrogens with zero attached hydrogens (tertiary/aromatic N) is 1. The number of ether oxygens (including phenoxy) is 3. The molecule has 0 saturated carbocycles. The summed E-state index contributed by atoms with van der Waals surface area (Å²) in [5, 5.41) is 7.60. The highest BCUT2D eigenvalue weighted by atomic mass is 79.9. The van der Waals surface area contributed by atoms with E-state index in [1.807, 2.05) is 24.3 Å². The number of hydrogen-bond donors (Lipinski definition) is 0. The smallest absolute Gasteiger partial charge is 0.266 e. The Kier molecular flexibility index (Phi) is 4.84. The summed E-state index contributed by atoms with van der Waals surface area (Å²) in [7, 11) is 4.66. The molecule has 0 aromatic heterocycles. The zero-order valence-electron chi connectivity index (χ0n) is 20.7. The van der Waals surface area contributed by atoms with Crippen LogP contribution < -0.4 is 19.1 Å². The van der Waals surface area contributed by atoms with Gasteiger partial charge in [-0.15, -0.1) is 0 Å². The van der Waals surface area contributed by atoms with Gasteiger partial charge in [-0.3, -0.25) is 9.59 Å². The van der Waals surface area contributed by atoms with E-state index < -0.39 is 11.8 Å². The highest BCUT2D eigenvalue weighted by Crippen LogP contribution is 2.48. The van der Waals surface area contributed by atoms with Crippen molar-refractivity contribution in [3.05, 3.63) is 82.3 Å². The Morgan fingerprint density at radius 1 is 0.605 bits per heavy atom. The standard InChI is InChI=1S/C31H20BrNO5/c1-36-16-11-15(12-17(13-16)37-2)33-30(34)22-8-7-19-18-5-4-6-20-24(32)10-9-21(26(18)20)28-25(38-3)14-23(31(33)35)27(22)29(19)28/h4-14H,1-3H3. The van der Waals surface area contributed by atoms with Crippen LogP contribution in [-0.2, 0) is 0 Å². The van der Waals surface area contributed by atoms with E-state index in [9.17, 15) is 9.59 Å². The molecule has 1 heterocycles. The van der Waals surface area contributed by atoms with E-state index in [-0.39, 0.29) is 0 Å². The maximum absolute atomic E-state index is 14.1. The zero-order valence-corrected chi connectivity index (χ0v) is 22.3. The molecule has 0 N–H and O–H groups in total.